The first kappa shape index (κ1) is 30.4. The van der Waals surface area contributed by atoms with E-state index in [1.807, 2.05) is 41.3 Å². The third-order valence-electron chi connectivity index (χ3n) is 8.84. The lowest BCUT2D eigenvalue weighted by Crippen LogP contribution is -2.41. The summed E-state index contributed by atoms with van der Waals surface area (Å²) in [7, 11) is 3.20. The van der Waals surface area contributed by atoms with E-state index in [1.54, 1.807) is 38.5 Å². The zero-order valence-electron chi connectivity index (χ0n) is 24.8. The number of esters is 1. The number of nitrogens with two attached hydrogens (primary N) is 1. The molecule has 2 N–H and O–H groups in total. The van der Waals surface area contributed by atoms with Crippen molar-refractivity contribution < 1.29 is 28.2 Å². The van der Waals surface area contributed by atoms with E-state index in [4.69, 9.17) is 36.6 Å². The van der Waals surface area contributed by atoms with Gasteiger partial charge in [0.25, 0.3) is 5.91 Å². The lowest BCUT2D eigenvalue weighted by atomic mass is 9.94. The second-order valence-electron chi connectivity index (χ2n) is 11.6. The van der Waals surface area contributed by atoms with E-state index in [1.165, 1.54) is 31.0 Å². The molecule has 3 aliphatic rings. The smallest absolute Gasteiger partial charge is 0.327 e. The number of thioether (sulfide) groups is 1. The van der Waals surface area contributed by atoms with Crippen molar-refractivity contribution in [2.24, 2.45) is 17.6 Å². The molecule has 2 aromatic carbocycles. The van der Waals surface area contributed by atoms with Crippen molar-refractivity contribution in [1.82, 2.24) is 4.90 Å². The third kappa shape index (κ3) is 6.29. The van der Waals surface area contributed by atoms with Crippen LogP contribution < -0.4 is 15.2 Å². The number of nitrogens with zero attached hydrogens (tertiary/aromatic N) is 1. The summed E-state index contributed by atoms with van der Waals surface area (Å²) in [6, 6.07) is 16.0. The molecule has 4 atom stereocenters. The van der Waals surface area contributed by atoms with Gasteiger partial charge in [-0.3, -0.25) is 9.69 Å². The monoisotopic (exact) mass is 632 g/mol. The number of aryl methyl sites for hydroxylation is 1. The fourth-order valence-corrected chi connectivity index (χ4v) is 7.93. The average Bonchev–Trinajstić information content (AvgIpc) is 3.83. The van der Waals surface area contributed by atoms with E-state index >= 15 is 0 Å². The first-order valence-electron chi connectivity index (χ1n) is 14.9. The highest BCUT2D eigenvalue weighted by Gasteiger charge is 2.48. The minimum atomic E-state index is -0.840. The van der Waals surface area contributed by atoms with Crippen molar-refractivity contribution in [2.45, 2.75) is 50.6 Å². The largest absolute Gasteiger partial charge is 0.497 e. The highest BCUT2D eigenvalue weighted by molar-refractivity contribution is 8.26. The Balaban J connectivity index is 1.22. The molecular weight excluding hydrogens is 597 g/mol. The maximum atomic E-state index is 13.7. The third-order valence-corrected chi connectivity index (χ3v) is 10.2. The van der Waals surface area contributed by atoms with Gasteiger partial charge in [0.1, 0.15) is 33.4 Å². The van der Waals surface area contributed by atoms with Crippen LogP contribution in [-0.4, -0.2) is 48.0 Å². The number of hydrogen-bond acceptors (Lipinski definition) is 9. The summed E-state index contributed by atoms with van der Waals surface area (Å²) in [5, 5.41) is 0. The van der Waals surface area contributed by atoms with E-state index in [-0.39, 0.29) is 18.6 Å². The van der Waals surface area contributed by atoms with E-state index < -0.39 is 12.0 Å². The lowest BCUT2D eigenvalue weighted by molar-refractivity contribution is -0.145. The minimum absolute atomic E-state index is 0.0478. The molecule has 1 amide bonds. The molecule has 1 aromatic heterocycles. The van der Waals surface area contributed by atoms with Crippen LogP contribution >= 0.6 is 24.0 Å². The van der Waals surface area contributed by atoms with Crippen LogP contribution in [0.1, 0.15) is 55.0 Å². The van der Waals surface area contributed by atoms with Crippen LogP contribution in [0.2, 0.25) is 0 Å². The summed E-state index contributed by atoms with van der Waals surface area (Å²) in [6.07, 6.45) is 7.55. The van der Waals surface area contributed by atoms with Crippen LogP contribution in [0, 0.1) is 11.8 Å². The Kier molecular flexibility index (Phi) is 9.11. The van der Waals surface area contributed by atoms with Gasteiger partial charge in [0.2, 0.25) is 0 Å². The van der Waals surface area contributed by atoms with Crippen LogP contribution in [0.5, 0.6) is 11.5 Å². The molecule has 44 heavy (non-hydrogen) atoms. The Hall–Kier alpha value is -3.60. The molecule has 0 radical (unpaired) electrons. The number of rotatable bonds is 11. The number of carbonyl (C=O) groups excluding carboxylic acids is 2. The molecule has 10 heteroatoms. The van der Waals surface area contributed by atoms with Crippen LogP contribution in [0.15, 0.2) is 63.9 Å². The van der Waals surface area contributed by atoms with Crippen molar-refractivity contribution in [3.8, 4) is 22.8 Å². The fourth-order valence-electron chi connectivity index (χ4n) is 6.59. The average molecular weight is 633 g/mol. The van der Waals surface area contributed by atoms with Crippen LogP contribution in [0.3, 0.4) is 0 Å². The molecule has 2 aliphatic carbocycles. The van der Waals surface area contributed by atoms with Gasteiger partial charge in [-0.05, 0) is 73.3 Å². The summed E-state index contributed by atoms with van der Waals surface area (Å²) in [4.78, 5) is 28.6. The quantitative estimate of drug-likeness (QED) is 0.109. The minimum Gasteiger partial charge on any atom is -0.497 e. The van der Waals surface area contributed by atoms with Gasteiger partial charge in [0.05, 0.1) is 25.7 Å². The van der Waals surface area contributed by atoms with Crippen LogP contribution in [-0.2, 0) is 20.7 Å². The highest BCUT2D eigenvalue weighted by Crippen LogP contribution is 2.49. The molecule has 2 bridgehead atoms. The normalized spacial score (nSPS) is 22.6. The number of amides is 1. The zero-order chi connectivity index (χ0) is 30.8. The number of thiocarbonyl (C=S) groups is 1. The number of ether oxygens (including phenoxy) is 3. The van der Waals surface area contributed by atoms with Gasteiger partial charge in [-0.1, -0.05) is 60.7 Å². The Morgan fingerprint density at radius 3 is 2.52 bits per heavy atom. The molecule has 0 spiro atoms. The van der Waals surface area contributed by atoms with Gasteiger partial charge in [-0.15, -0.1) is 0 Å². The van der Waals surface area contributed by atoms with Crippen LogP contribution in [0.4, 0.5) is 0 Å². The number of benzene rings is 2. The summed E-state index contributed by atoms with van der Waals surface area (Å²) >= 11 is 7.05. The molecule has 230 valence electrons. The number of furan rings is 1. The van der Waals surface area contributed by atoms with Gasteiger partial charge in [0.15, 0.2) is 0 Å². The van der Waals surface area contributed by atoms with Crippen molar-refractivity contribution in [3.63, 3.8) is 0 Å². The van der Waals surface area contributed by atoms with Crippen molar-refractivity contribution >= 4 is 46.3 Å². The maximum absolute atomic E-state index is 13.7. The summed E-state index contributed by atoms with van der Waals surface area (Å²) in [5.41, 5.74) is 8.46. The number of hydrogen-bond donors (Lipinski definition) is 1. The molecule has 3 fully saturated rings. The Morgan fingerprint density at radius 1 is 1.11 bits per heavy atom. The Bertz CT molecular complexity index is 1560. The second kappa shape index (κ2) is 13.2. The molecular formula is C34H36N2O6S2. The molecule has 2 saturated carbocycles. The van der Waals surface area contributed by atoms with Gasteiger partial charge < -0.3 is 24.4 Å². The molecule has 3 aromatic rings. The molecule has 1 saturated heterocycles. The highest BCUT2D eigenvalue weighted by atomic mass is 32.2. The lowest BCUT2D eigenvalue weighted by Gasteiger charge is -2.30. The predicted molar refractivity (Wildman–Crippen MR) is 174 cm³/mol. The molecule has 2 heterocycles. The topological polar surface area (TPSA) is 104 Å². The summed E-state index contributed by atoms with van der Waals surface area (Å²) < 4.78 is 23.4. The van der Waals surface area contributed by atoms with E-state index in [0.717, 1.165) is 17.5 Å². The van der Waals surface area contributed by atoms with Gasteiger partial charge in [-0.25, -0.2) is 4.79 Å². The number of methoxy groups -OCH3 is 2. The molecule has 8 nitrogen and oxygen atoms in total. The number of fused-ring (bicyclic) bond motifs is 2. The fraction of sp³-hybridized carbons (Fsp3) is 0.382. The van der Waals surface area contributed by atoms with Crippen LogP contribution in [0.25, 0.3) is 17.4 Å². The van der Waals surface area contributed by atoms with Gasteiger partial charge in [-0.2, -0.15) is 0 Å². The summed E-state index contributed by atoms with van der Waals surface area (Å²) in [6.45, 7) is 0.193. The first-order chi connectivity index (χ1) is 21.3. The summed E-state index contributed by atoms with van der Waals surface area (Å²) in [5.74, 6) is 3.16. The van der Waals surface area contributed by atoms with Gasteiger partial charge >= 0.3 is 5.97 Å². The molecule has 3 unspecified atom stereocenters. The Morgan fingerprint density at radius 2 is 1.86 bits per heavy atom. The maximum Gasteiger partial charge on any atom is 0.327 e. The van der Waals surface area contributed by atoms with Crippen molar-refractivity contribution in [1.29, 1.82) is 0 Å². The van der Waals surface area contributed by atoms with Crippen molar-refractivity contribution in [3.05, 3.63) is 76.4 Å². The van der Waals surface area contributed by atoms with E-state index in [2.05, 4.69) is 0 Å². The van der Waals surface area contributed by atoms with Gasteiger partial charge in [0, 0.05) is 23.7 Å². The Labute approximate surface area is 266 Å². The zero-order valence-corrected chi connectivity index (χ0v) is 26.5. The second-order valence-corrected chi connectivity index (χ2v) is 13.2. The molecule has 1 aliphatic heterocycles. The number of carbonyl (C=O) groups is 2. The standard InChI is InChI=1S/C34H36N2O6S2/c1-39-25-15-24(16-26(18-25)40-2)28-17-23(9-6-12-41-33(38)31(35)21-7-4-3-5-8-21)29(42-28)19-30-32(37)36(34(43)44-30)27-14-20-10-11-22(27)13-20/h3-5,7-8,15-20,22,27,31H,6,9-14,35H2,1-2H3/b30-19-/t20?,22?,27?,31-/m0/s1. The predicted octanol–water partition coefficient (Wildman–Crippen LogP) is 6.53. The first-order valence-corrected chi connectivity index (χ1v) is 16.2. The SMILES string of the molecule is COc1cc(OC)cc(-c2cc(CCCOC(=O)[C@@H](N)c3ccccc3)c(/C=C3\SC(=S)N(C4CC5CCC4C5)C3=O)o2)c1. The molecule has 6 rings (SSSR count). The van der Waals surface area contributed by atoms with Crippen molar-refractivity contribution in [2.75, 3.05) is 20.8 Å². The van der Waals surface area contributed by atoms with E-state index in [9.17, 15) is 9.59 Å². The van der Waals surface area contributed by atoms with E-state index in [0.29, 0.717) is 62.5 Å².